The van der Waals surface area contributed by atoms with Gasteiger partial charge in [0.15, 0.2) is 0 Å². The molecule has 50 heavy (non-hydrogen) atoms. The number of rotatable bonds is 11. The predicted molar refractivity (Wildman–Crippen MR) is 189 cm³/mol. The van der Waals surface area contributed by atoms with Crippen molar-refractivity contribution in [2.75, 3.05) is 49.2 Å². The predicted octanol–water partition coefficient (Wildman–Crippen LogP) is 3.86. The number of aliphatic hydroxyl groups is 1. The molecule has 3 aromatic carbocycles. The maximum atomic E-state index is 12.8. The van der Waals surface area contributed by atoms with Gasteiger partial charge in [-0.1, -0.05) is 23.8 Å². The molecule has 0 bridgehead atoms. The molecule has 4 atom stereocenters. The molecular weight excluding hydrogens is 636 g/mol. The number of anilines is 2. The number of aryl methyl sites for hydroxylation is 2. The smallest absolute Gasteiger partial charge is 0.350 e. The number of nitrogens with zero attached hydrogens (tertiary/aromatic N) is 8. The molecule has 13 nitrogen and oxygen atoms in total. The zero-order valence-corrected chi connectivity index (χ0v) is 28.9. The summed E-state index contributed by atoms with van der Waals surface area (Å²) in [4.78, 5) is 21.7. The minimum absolute atomic E-state index is 0.251. The minimum Gasteiger partial charge on any atom is -0.491 e. The van der Waals surface area contributed by atoms with Gasteiger partial charge in [0.1, 0.15) is 44.0 Å². The van der Waals surface area contributed by atoms with Gasteiger partial charge in [-0.3, -0.25) is 0 Å². The normalized spacial score (nSPS) is 20.6. The van der Waals surface area contributed by atoms with Crippen molar-refractivity contribution >= 4 is 11.4 Å². The highest BCUT2D eigenvalue weighted by Crippen LogP contribution is 2.38. The number of aliphatic hydroxyl groups excluding tert-OH is 1. The van der Waals surface area contributed by atoms with Crippen molar-refractivity contribution in [3.63, 3.8) is 0 Å². The van der Waals surface area contributed by atoms with Gasteiger partial charge < -0.3 is 29.1 Å². The van der Waals surface area contributed by atoms with Crippen LogP contribution in [0.3, 0.4) is 0 Å². The van der Waals surface area contributed by atoms with Crippen LogP contribution in [0.1, 0.15) is 36.6 Å². The van der Waals surface area contributed by atoms with Gasteiger partial charge in [-0.25, -0.2) is 23.7 Å². The molecule has 0 radical (unpaired) electrons. The van der Waals surface area contributed by atoms with E-state index in [0.717, 1.165) is 60.1 Å². The van der Waals surface area contributed by atoms with Gasteiger partial charge in [0.05, 0.1) is 24.4 Å². The van der Waals surface area contributed by atoms with E-state index in [1.54, 1.807) is 24.9 Å². The van der Waals surface area contributed by atoms with Crippen LogP contribution in [-0.4, -0.2) is 85.8 Å². The van der Waals surface area contributed by atoms with Crippen LogP contribution in [0.5, 0.6) is 5.75 Å². The van der Waals surface area contributed by atoms with E-state index in [0.29, 0.717) is 19.8 Å². The van der Waals surface area contributed by atoms with E-state index in [1.807, 2.05) is 36.4 Å². The number of ether oxygens (including phenoxy) is 3. The van der Waals surface area contributed by atoms with Crippen molar-refractivity contribution in [3.05, 3.63) is 113 Å². The van der Waals surface area contributed by atoms with Crippen molar-refractivity contribution in [2.45, 2.75) is 58.3 Å². The lowest BCUT2D eigenvalue weighted by Gasteiger charge is -2.37. The molecule has 0 amide bonds. The van der Waals surface area contributed by atoms with E-state index < -0.39 is 17.9 Å². The van der Waals surface area contributed by atoms with Crippen molar-refractivity contribution in [1.29, 1.82) is 0 Å². The van der Waals surface area contributed by atoms with Gasteiger partial charge in [-0.2, -0.15) is 10.2 Å². The van der Waals surface area contributed by atoms with E-state index in [2.05, 4.69) is 69.2 Å². The van der Waals surface area contributed by atoms with Gasteiger partial charge in [0.2, 0.25) is 5.79 Å². The Morgan fingerprint density at radius 2 is 1.56 bits per heavy atom. The molecular formula is C37H44N8O5. The second-order valence-electron chi connectivity index (χ2n) is 13.2. The highest BCUT2D eigenvalue weighted by atomic mass is 16.8. The fourth-order valence-electron chi connectivity index (χ4n) is 6.69. The Balaban J connectivity index is 0.924. The van der Waals surface area contributed by atoms with Gasteiger partial charge in [0, 0.05) is 43.1 Å². The largest absolute Gasteiger partial charge is 0.491 e. The zero-order valence-electron chi connectivity index (χ0n) is 28.9. The molecule has 2 fully saturated rings. The first-order valence-electron chi connectivity index (χ1n) is 17.1. The van der Waals surface area contributed by atoms with Crippen molar-refractivity contribution in [2.24, 2.45) is 0 Å². The van der Waals surface area contributed by atoms with Crippen LogP contribution in [0.25, 0.3) is 5.69 Å². The second-order valence-corrected chi connectivity index (χ2v) is 13.2. The summed E-state index contributed by atoms with van der Waals surface area (Å²) in [5.74, 6) is -0.198. The molecule has 2 aliphatic heterocycles. The number of hydrogen-bond donors (Lipinski definition) is 1. The molecule has 0 aliphatic carbocycles. The molecule has 0 saturated carbocycles. The SMILES string of the molecule is Cc1ccc([C@]2(Cn3cncn3)OC[C@@H](COc3ccc(N4CCN(c5ccc(-n6cnn([C@@H](C)[C@H](C)O)c6=O)cc5)CC4)cc3)O2)c(C)c1. The van der Waals surface area contributed by atoms with Crippen molar-refractivity contribution in [1.82, 2.24) is 29.1 Å². The number of benzene rings is 3. The summed E-state index contributed by atoms with van der Waals surface area (Å²) in [7, 11) is 0. The van der Waals surface area contributed by atoms with Crippen LogP contribution in [0.2, 0.25) is 0 Å². The van der Waals surface area contributed by atoms with E-state index in [-0.39, 0.29) is 11.8 Å². The van der Waals surface area contributed by atoms with Crippen LogP contribution >= 0.6 is 0 Å². The van der Waals surface area contributed by atoms with Gasteiger partial charge >= 0.3 is 5.69 Å². The summed E-state index contributed by atoms with van der Waals surface area (Å²) < 4.78 is 23.7. The molecule has 13 heteroatoms. The molecule has 262 valence electrons. The molecule has 2 aliphatic rings. The van der Waals surface area contributed by atoms with Crippen LogP contribution in [0.15, 0.2) is 90.5 Å². The third kappa shape index (κ3) is 6.89. The lowest BCUT2D eigenvalue weighted by Crippen LogP contribution is -2.46. The summed E-state index contributed by atoms with van der Waals surface area (Å²) in [5.41, 5.74) is 5.99. The van der Waals surface area contributed by atoms with E-state index >= 15 is 0 Å². The highest BCUT2D eigenvalue weighted by molar-refractivity contribution is 5.54. The maximum Gasteiger partial charge on any atom is 0.350 e. The second kappa shape index (κ2) is 14.1. The number of aromatic nitrogens is 6. The summed E-state index contributed by atoms with van der Waals surface area (Å²) in [6.07, 6.45) is 3.76. The van der Waals surface area contributed by atoms with E-state index in [9.17, 15) is 9.90 Å². The van der Waals surface area contributed by atoms with E-state index in [1.165, 1.54) is 27.5 Å². The Morgan fingerprint density at radius 1 is 0.900 bits per heavy atom. The summed E-state index contributed by atoms with van der Waals surface area (Å²) >= 11 is 0. The summed E-state index contributed by atoms with van der Waals surface area (Å²) in [6, 6.07) is 22.1. The molecule has 0 unspecified atom stereocenters. The third-order valence-electron chi connectivity index (χ3n) is 9.68. The van der Waals surface area contributed by atoms with Gasteiger partial charge in [0.25, 0.3) is 0 Å². The molecule has 0 spiro atoms. The first kappa shape index (κ1) is 33.5. The van der Waals surface area contributed by atoms with Crippen LogP contribution in [-0.2, 0) is 21.8 Å². The average Bonchev–Trinajstić information content (AvgIpc) is 3.88. The third-order valence-corrected chi connectivity index (χ3v) is 9.68. The fourth-order valence-corrected chi connectivity index (χ4v) is 6.69. The lowest BCUT2D eigenvalue weighted by atomic mass is 9.98. The molecule has 7 rings (SSSR count). The Hall–Kier alpha value is -4.98. The van der Waals surface area contributed by atoms with Gasteiger partial charge in [-0.05, 0) is 81.8 Å². The van der Waals surface area contributed by atoms with Crippen LogP contribution in [0.4, 0.5) is 11.4 Å². The first-order chi connectivity index (χ1) is 24.2. The Kier molecular flexibility index (Phi) is 9.45. The average molecular weight is 681 g/mol. The molecule has 5 aromatic rings. The number of piperazine rings is 1. The summed E-state index contributed by atoms with van der Waals surface area (Å²) in [6.45, 7) is 12.2. The Bertz CT molecular complexity index is 1930. The van der Waals surface area contributed by atoms with Crippen LogP contribution < -0.4 is 20.2 Å². The quantitative estimate of drug-likeness (QED) is 0.220. The standard InChI is InChI=1S/C37H44N8O5/c1-26-5-14-35(27(2)19-26)37(22-43-24-38-23-39-43)49-21-34(50-37)20-48-33-12-10-31(11-13-33)42-17-15-41(16-18-42)30-6-8-32(9-7-30)44-25-40-45(36(44)47)28(3)29(4)46/h5-14,19,23-25,28-29,34,46H,15-18,20-22H2,1-4H3/t28-,29-,34+,37+/m0/s1. The topological polar surface area (TPSA) is 125 Å². The first-order valence-corrected chi connectivity index (χ1v) is 17.1. The summed E-state index contributed by atoms with van der Waals surface area (Å²) in [5, 5.41) is 18.4. The molecule has 2 saturated heterocycles. The molecule has 1 N–H and O–H groups in total. The van der Waals surface area contributed by atoms with Crippen molar-refractivity contribution in [3.8, 4) is 11.4 Å². The van der Waals surface area contributed by atoms with Crippen LogP contribution in [0, 0.1) is 13.8 Å². The Morgan fingerprint density at radius 3 is 2.18 bits per heavy atom. The fraction of sp³-hybridized carbons (Fsp3) is 0.405. The minimum atomic E-state index is -0.977. The Labute approximate surface area is 291 Å². The van der Waals surface area contributed by atoms with Gasteiger partial charge in [-0.15, -0.1) is 0 Å². The highest BCUT2D eigenvalue weighted by Gasteiger charge is 2.45. The van der Waals surface area contributed by atoms with E-state index in [4.69, 9.17) is 14.2 Å². The molecule has 4 heterocycles. The monoisotopic (exact) mass is 680 g/mol. The maximum absolute atomic E-state index is 12.8. The lowest BCUT2D eigenvalue weighted by molar-refractivity contribution is -0.191. The zero-order chi connectivity index (χ0) is 34.8. The van der Waals surface area contributed by atoms with Crippen molar-refractivity contribution < 1.29 is 19.3 Å². The number of hydrogen-bond acceptors (Lipinski definition) is 10. The molecule has 2 aromatic heterocycles.